The third-order valence-electron chi connectivity index (χ3n) is 2.21. The summed E-state index contributed by atoms with van der Waals surface area (Å²) in [6.45, 7) is 5.80. The molecular formula is C12H13ClN4S. The molecule has 0 saturated carbocycles. The Morgan fingerprint density at radius 3 is 2.67 bits per heavy atom. The Bertz CT molecular complexity index is 562. The molecule has 0 aliphatic carbocycles. The first-order chi connectivity index (χ1) is 8.58. The Labute approximate surface area is 115 Å². The molecule has 0 bridgehead atoms. The number of thioether (sulfide) groups is 1. The number of halogens is 1. The molecule has 0 unspecified atom stereocenters. The van der Waals surface area contributed by atoms with Gasteiger partial charge in [0.1, 0.15) is 0 Å². The zero-order valence-electron chi connectivity index (χ0n) is 9.93. The standard InChI is InChI=1S/C12H13ClN4S/c1-8(2)7-18-12-16-15-11(17(12)14)9-3-5-10(13)6-4-9/h3-6H,1,7,14H2,2H3. The molecule has 2 rings (SSSR count). The van der Waals surface area contributed by atoms with Crippen molar-refractivity contribution in [2.75, 3.05) is 11.6 Å². The second-order valence-electron chi connectivity index (χ2n) is 3.93. The van der Waals surface area contributed by atoms with Gasteiger partial charge in [0, 0.05) is 16.3 Å². The zero-order chi connectivity index (χ0) is 13.1. The fraction of sp³-hybridized carbons (Fsp3) is 0.167. The van der Waals surface area contributed by atoms with Crippen molar-refractivity contribution in [1.82, 2.24) is 14.9 Å². The summed E-state index contributed by atoms with van der Waals surface area (Å²) >= 11 is 7.35. The second kappa shape index (κ2) is 5.46. The van der Waals surface area contributed by atoms with Gasteiger partial charge < -0.3 is 5.84 Å². The van der Waals surface area contributed by atoms with E-state index in [2.05, 4.69) is 16.8 Å². The van der Waals surface area contributed by atoms with E-state index in [4.69, 9.17) is 17.4 Å². The predicted molar refractivity (Wildman–Crippen MR) is 76.2 cm³/mol. The van der Waals surface area contributed by atoms with E-state index in [0.29, 0.717) is 16.0 Å². The summed E-state index contributed by atoms with van der Waals surface area (Å²) in [5.74, 6) is 7.36. The van der Waals surface area contributed by atoms with Gasteiger partial charge in [0.05, 0.1) is 0 Å². The highest BCUT2D eigenvalue weighted by atomic mass is 35.5. The third-order valence-corrected chi connectivity index (χ3v) is 3.64. The smallest absolute Gasteiger partial charge is 0.210 e. The average Bonchev–Trinajstić information content (AvgIpc) is 2.69. The van der Waals surface area contributed by atoms with Crippen LogP contribution in [-0.4, -0.2) is 20.6 Å². The molecule has 2 N–H and O–H groups in total. The van der Waals surface area contributed by atoms with E-state index < -0.39 is 0 Å². The minimum absolute atomic E-state index is 0.621. The van der Waals surface area contributed by atoms with E-state index in [1.807, 2.05) is 19.1 Å². The number of nitrogen functional groups attached to an aromatic ring is 1. The van der Waals surface area contributed by atoms with Gasteiger partial charge in [-0.3, -0.25) is 0 Å². The molecule has 0 fully saturated rings. The number of aromatic nitrogens is 3. The minimum Gasteiger partial charge on any atom is -0.335 e. The number of rotatable bonds is 4. The minimum atomic E-state index is 0.621. The van der Waals surface area contributed by atoms with Crippen LogP contribution in [-0.2, 0) is 0 Å². The van der Waals surface area contributed by atoms with Crippen LogP contribution >= 0.6 is 23.4 Å². The molecule has 4 nitrogen and oxygen atoms in total. The Morgan fingerprint density at radius 1 is 1.39 bits per heavy atom. The van der Waals surface area contributed by atoms with Crippen molar-refractivity contribution in [3.63, 3.8) is 0 Å². The summed E-state index contributed by atoms with van der Waals surface area (Å²) in [5, 5.41) is 9.50. The van der Waals surface area contributed by atoms with Gasteiger partial charge in [0.25, 0.3) is 0 Å². The lowest BCUT2D eigenvalue weighted by molar-refractivity contribution is 0.850. The molecule has 0 amide bonds. The third kappa shape index (κ3) is 2.86. The zero-order valence-corrected chi connectivity index (χ0v) is 11.5. The molecule has 0 atom stereocenters. The number of hydrogen-bond donors (Lipinski definition) is 1. The molecule has 1 aromatic heterocycles. The fourth-order valence-corrected chi connectivity index (χ4v) is 2.18. The predicted octanol–water partition coefficient (Wildman–Crippen LogP) is 2.98. The van der Waals surface area contributed by atoms with Crippen LogP contribution in [0.3, 0.4) is 0 Å². The van der Waals surface area contributed by atoms with E-state index in [0.717, 1.165) is 16.9 Å². The molecule has 0 radical (unpaired) electrons. The average molecular weight is 281 g/mol. The lowest BCUT2D eigenvalue weighted by Gasteiger charge is -2.03. The van der Waals surface area contributed by atoms with Gasteiger partial charge in [-0.15, -0.1) is 10.2 Å². The summed E-state index contributed by atoms with van der Waals surface area (Å²) in [6, 6.07) is 7.32. The monoisotopic (exact) mass is 280 g/mol. The number of nitrogens with zero attached hydrogens (tertiary/aromatic N) is 3. The van der Waals surface area contributed by atoms with Crippen LogP contribution in [0.5, 0.6) is 0 Å². The van der Waals surface area contributed by atoms with Gasteiger partial charge in [-0.25, -0.2) is 4.68 Å². The highest BCUT2D eigenvalue weighted by molar-refractivity contribution is 7.99. The number of hydrogen-bond acceptors (Lipinski definition) is 4. The Morgan fingerprint density at radius 2 is 2.06 bits per heavy atom. The van der Waals surface area contributed by atoms with Crippen LogP contribution in [0.1, 0.15) is 6.92 Å². The van der Waals surface area contributed by atoms with Crippen molar-refractivity contribution in [1.29, 1.82) is 0 Å². The highest BCUT2D eigenvalue weighted by Crippen LogP contribution is 2.23. The molecule has 1 heterocycles. The fourth-order valence-electron chi connectivity index (χ4n) is 1.36. The molecule has 0 spiro atoms. The molecule has 2 aromatic rings. The van der Waals surface area contributed by atoms with Gasteiger partial charge in [-0.2, -0.15) is 0 Å². The van der Waals surface area contributed by atoms with Crippen molar-refractivity contribution >= 4 is 23.4 Å². The molecule has 0 aliphatic rings. The Balaban J connectivity index is 2.25. The topological polar surface area (TPSA) is 56.7 Å². The van der Waals surface area contributed by atoms with Gasteiger partial charge in [0.2, 0.25) is 5.16 Å². The second-order valence-corrected chi connectivity index (χ2v) is 5.31. The van der Waals surface area contributed by atoms with Gasteiger partial charge >= 0.3 is 0 Å². The largest absolute Gasteiger partial charge is 0.335 e. The van der Waals surface area contributed by atoms with Crippen molar-refractivity contribution in [3.05, 3.63) is 41.4 Å². The molecule has 1 aromatic carbocycles. The van der Waals surface area contributed by atoms with Crippen LogP contribution < -0.4 is 5.84 Å². The van der Waals surface area contributed by atoms with Crippen LogP contribution in [0.4, 0.5) is 0 Å². The highest BCUT2D eigenvalue weighted by Gasteiger charge is 2.11. The lowest BCUT2D eigenvalue weighted by atomic mass is 10.2. The summed E-state index contributed by atoms with van der Waals surface area (Å²) in [6.07, 6.45) is 0. The van der Waals surface area contributed by atoms with Gasteiger partial charge in [0.15, 0.2) is 5.82 Å². The number of nitrogens with two attached hydrogens (primary N) is 1. The van der Waals surface area contributed by atoms with E-state index in [-0.39, 0.29) is 0 Å². The van der Waals surface area contributed by atoms with Crippen molar-refractivity contribution in [2.45, 2.75) is 12.1 Å². The van der Waals surface area contributed by atoms with Crippen LogP contribution in [0.15, 0.2) is 41.6 Å². The van der Waals surface area contributed by atoms with Crippen LogP contribution in [0.2, 0.25) is 5.02 Å². The van der Waals surface area contributed by atoms with E-state index in [1.54, 1.807) is 12.1 Å². The SMILES string of the molecule is C=C(C)CSc1nnc(-c2ccc(Cl)cc2)n1N. The lowest BCUT2D eigenvalue weighted by Crippen LogP contribution is -2.11. The van der Waals surface area contributed by atoms with Gasteiger partial charge in [-0.1, -0.05) is 35.5 Å². The van der Waals surface area contributed by atoms with Gasteiger partial charge in [-0.05, 0) is 31.2 Å². The van der Waals surface area contributed by atoms with E-state index in [9.17, 15) is 0 Å². The molecule has 0 saturated heterocycles. The van der Waals surface area contributed by atoms with Crippen molar-refractivity contribution in [3.8, 4) is 11.4 Å². The first-order valence-electron chi connectivity index (χ1n) is 5.31. The van der Waals surface area contributed by atoms with E-state index in [1.165, 1.54) is 16.4 Å². The molecule has 94 valence electrons. The summed E-state index contributed by atoms with van der Waals surface area (Å²) in [7, 11) is 0. The maximum atomic E-state index is 5.97. The molecule has 0 aliphatic heterocycles. The molecule has 6 heteroatoms. The quantitative estimate of drug-likeness (QED) is 0.531. The van der Waals surface area contributed by atoms with E-state index >= 15 is 0 Å². The first-order valence-corrected chi connectivity index (χ1v) is 6.68. The molecular weight excluding hydrogens is 268 g/mol. The summed E-state index contributed by atoms with van der Waals surface area (Å²) < 4.78 is 1.48. The summed E-state index contributed by atoms with van der Waals surface area (Å²) in [4.78, 5) is 0. The van der Waals surface area contributed by atoms with Crippen molar-refractivity contribution in [2.24, 2.45) is 0 Å². The number of benzene rings is 1. The van der Waals surface area contributed by atoms with Crippen LogP contribution in [0, 0.1) is 0 Å². The van der Waals surface area contributed by atoms with Crippen LogP contribution in [0.25, 0.3) is 11.4 Å². The maximum absolute atomic E-state index is 5.97. The first kappa shape index (κ1) is 13.0. The Hall–Kier alpha value is -1.46. The van der Waals surface area contributed by atoms with Crippen molar-refractivity contribution < 1.29 is 0 Å². The summed E-state index contributed by atoms with van der Waals surface area (Å²) in [5.41, 5.74) is 1.95. The Kier molecular flexibility index (Phi) is 3.93. The normalized spacial score (nSPS) is 10.6. The molecule has 18 heavy (non-hydrogen) atoms. The maximum Gasteiger partial charge on any atom is 0.210 e.